The number of nitrogens with one attached hydrogen (secondary N) is 1. The van der Waals surface area contributed by atoms with Gasteiger partial charge >= 0.3 is 0 Å². The SMILES string of the molecule is O=C(NC1CCCN(c2ncccn2)C1)c1cc2ccccc2n1Cc1ccccc1. The molecular weight excluding hydrogens is 386 g/mol. The predicted octanol–water partition coefficient (Wildman–Crippen LogP) is 3.88. The quantitative estimate of drug-likeness (QED) is 0.541. The molecule has 1 fully saturated rings. The van der Waals surface area contributed by atoms with Gasteiger partial charge in [0, 0.05) is 49.0 Å². The van der Waals surface area contributed by atoms with E-state index < -0.39 is 0 Å². The second-order valence-electron chi connectivity index (χ2n) is 7.97. The molecule has 0 radical (unpaired) electrons. The van der Waals surface area contributed by atoms with Crippen LogP contribution in [0.2, 0.25) is 0 Å². The molecule has 6 nitrogen and oxygen atoms in total. The van der Waals surface area contributed by atoms with E-state index in [1.54, 1.807) is 12.4 Å². The normalized spacial score (nSPS) is 16.4. The zero-order valence-electron chi connectivity index (χ0n) is 17.3. The average Bonchev–Trinajstić information content (AvgIpc) is 3.19. The molecule has 1 amide bonds. The summed E-state index contributed by atoms with van der Waals surface area (Å²) >= 11 is 0. The molecule has 1 unspecified atom stereocenters. The molecule has 0 aliphatic carbocycles. The van der Waals surface area contributed by atoms with Gasteiger partial charge in [0.25, 0.3) is 5.91 Å². The minimum Gasteiger partial charge on any atom is -0.346 e. The van der Waals surface area contributed by atoms with Crippen molar-refractivity contribution in [2.24, 2.45) is 0 Å². The molecule has 3 heterocycles. The number of hydrogen-bond acceptors (Lipinski definition) is 4. The molecule has 1 aliphatic rings. The number of benzene rings is 2. The third kappa shape index (κ3) is 4.14. The van der Waals surface area contributed by atoms with Gasteiger partial charge in [0.05, 0.1) is 0 Å². The van der Waals surface area contributed by atoms with Gasteiger partial charge < -0.3 is 14.8 Å². The first kappa shape index (κ1) is 19.3. The molecule has 0 saturated carbocycles. The van der Waals surface area contributed by atoms with Crippen molar-refractivity contribution >= 4 is 22.8 Å². The van der Waals surface area contributed by atoms with Crippen LogP contribution in [0.3, 0.4) is 0 Å². The Morgan fingerprint density at radius 3 is 2.61 bits per heavy atom. The van der Waals surface area contributed by atoms with Crippen LogP contribution in [0.15, 0.2) is 79.1 Å². The lowest BCUT2D eigenvalue weighted by atomic mass is 10.1. The van der Waals surface area contributed by atoms with Crippen molar-refractivity contribution in [3.05, 3.63) is 90.4 Å². The molecule has 1 N–H and O–H groups in total. The van der Waals surface area contributed by atoms with Crippen LogP contribution in [0.4, 0.5) is 5.95 Å². The highest BCUT2D eigenvalue weighted by Crippen LogP contribution is 2.22. The summed E-state index contributed by atoms with van der Waals surface area (Å²) in [4.78, 5) is 24.2. The van der Waals surface area contributed by atoms with Gasteiger partial charge in [0.2, 0.25) is 5.95 Å². The van der Waals surface area contributed by atoms with Gasteiger partial charge in [-0.3, -0.25) is 4.79 Å². The Morgan fingerprint density at radius 1 is 1.00 bits per heavy atom. The zero-order chi connectivity index (χ0) is 21.0. The fourth-order valence-corrected chi connectivity index (χ4v) is 4.33. The van der Waals surface area contributed by atoms with Gasteiger partial charge in [-0.05, 0) is 36.6 Å². The molecule has 2 aromatic carbocycles. The second kappa shape index (κ2) is 8.60. The van der Waals surface area contributed by atoms with E-state index in [2.05, 4.69) is 49.0 Å². The van der Waals surface area contributed by atoms with E-state index in [4.69, 9.17) is 0 Å². The highest BCUT2D eigenvalue weighted by molar-refractivity contribution is 5.99. The molecule has 2 aromatic heterocycles. The number of aromatic nitrogens is 3. The van der Waals surface area contributed by atoms with Gasteiger partial charge in [-0.1, -0.05) is 48.5 Å². The summed E-state index contributed by atoms with van der Waals surface area (Å²) in [6, 6.07) is 22.3. The van der Waals surface area contributed by atoms with Crippen LogP contribution >= 0.6 is 0 Å². The van der Waals surface area contributed by atoms with Crippen LogP contribution in [-0.2, 0) is 6.54 Å². The standard InChI is InChI=1S/C25H25N5O/c31-24(28-21-11-6-15-29(18-21)25-26-13-7-14-27-25)23-16-20-10-4-5-12-22(20)30(23)17-19-8-2-1-3-9-19/h1-5,7-10,12-14,16,21H,6,11,15,17-18H2,(H,28,31). The maximum atomic E-state index is 13.4. The van der Waals surface area contributed by atoms with Crippen molar-refractivity contribution in [3.63, 3.8) is 0 Å². The minimum absolute atomic E-state index is 0.0343. The van der Waals surface area contributed by atoms with Crippen LogP contribution in [0.25, 0.3) is 10.9 Å². The highest BCUT2D eigenvalue weighted by atomic mass is 16.2. The van der Waals surface area contributed by atoms with Crippen molar-refractivity contribution < 1.29 is 4.79 Å². The Balaban J connectivity index is 1.39. The van der Waals surface area contributed by atoms with Gasteiger partial charge in [0.1, 0.15) is 5.69 Å². The maximum absolute atomic E-state index is 13.4. The number of carbonyl (C=O) groups is 1. The smallest absolute Gasteiger partial charge is 0.268 e. The summed E-state index contributed by atoms with van der Waals surface area (Å²) in [5.74, 6) is 0.688. The van der Waals surface area contributed by atoms with Gasteiger partial charge in [0.15, 0.2) is 0 Å². The number of para-hydroxylation sites is 1. The predicted molar refractivity (Wildman–Crippen MR) is 122 cm³/mol. The Hall–Kier alpha value is -3.67. The van der Waals surface area contributed by atoms with Crippen LogP contribution < -0.4 is 10.2 Å². The second-order valence-corrected chi connectivity index (χ2v) is 7.97. The van der Waals surface area contributed by atoms with Crippen LogP contribution in [0, 0.1) is 0 Å². The first-order valence-corrected chi connectivity index (χ1v) is 10.7. The van der Waals surface area contributed by atoms with Gasteiger partial charge in [-0.15, -0.1) is 0 Å². The molecule has 1 aliphatic heterocycles. The Bertz CT molecular complexity index is 1170. The van der Waals surface area contributed by atoms with E-state index >= 15 is 0 Å². The van der Waals surface area contributed by atoms with Crippen molar-refractivity contribution in [1.29, 1.82) is 0 Å². The highest BCUT2D eigenvalue weighted by Gasteiger charge is 2.25. The third-order valence-corrected chi connectivity index (χ3v) is 5.82. The molecule has 1 atom stereocenters. The first-order valence-electron chi connectivity index (χ1n) is 10.7. The minimum atomic E-state index is -0.0343. The van der Waals surface area contributed by atoms with Crippen molar-refractivity contribution in [1.82, 2.24) is 19.9 Å². The Kier molecular flexibility index (Phi) is 5.35. The molecule has 0 bridgehead atoms. The van der Waals surface area contributed by atoms with E-state index in [1.807, 2.05) is 42.5 Å². The summed E-state index contributed by atoms with van der Waals surface area (Å²) < 4.78 is 2.11. The number of amides is 1. The number of piperidine rings is 1. The molecular formula is C25H25N5O. The topological polar surface area (TPSA) is 63.1 Å². The molecule has 1 saturated heterocycles. The fourth-order valence-electron chi connectivity index (χ4n) is 4.33. The molecule has 6 heteroatoms. The summed E-state index contributed by atoms with van der Waals surface area (Å²) in [6.07, 6.45) is 5.46. The van der Waals surface area contributed by atoms with Crippen molar-refractivity contribution in [2.75, 3.05) is 18.0 Å². The average molecular weight is 412 g/mol. The van der Waals surface area contributed by atoms with Crippen molar-refractivity contribution in [2.45, 2.75) is 25.4 Å². The molecule has 0 spiro atoms. The third-order valence-electron chi connectivity index (χ3n) is 5.82. The van der Waals surface area contributed by atoms with E-state index in [1.165, 1.54) is 5.56 Å². The number of anilines is 1. The van der Waals surface area contributed by atoms with E-state index in [0.717, 1.165) is 36.2 Å². The number of nitrogens with zero attached hydrogens (tertiary/aromatic N) is 4. The Morgan fingerprint density at radius 2 is 1.77 bits per heavy atom. The van der Waals surface area contributed by atoms with Gasteiger partial charge in [-0.2, -0.15) is 0 Å². The van der Waals surface area contributed by atoms with Crippen LogP contribution in [0.1, 0.15) is 28.9 Å². The lowest BCUT2D eigenvalue weighted by Gasteiger charge is -2.33. The van der Waals surface area contributed by atoms with Crippen LogP contribution in [-0.4, -0.2) is 39.6 Å². The molecule has 4 aromatic rings. The van der Waals surface area contributed by atoms with E-state index in [9.17, 15) is 4.79 Å². The summed E-state index contributed by atoms with van der Waals surface area (Å²) in [5.41, 5.74) is 2.93. The maximum Gasteiger partial charge on any atom is 0.268 e. The van der Waals surface area contributed by atoms with E-state index in [-0.39, 0.29) is 11.9 Å². The summed E-state index contributed by atoms with van der Waals surface area (Å²) in [5, 5.41) is 4.34. The number of rotatable bonds is 5. The molecule has 156 valence electrons. The lowest BCUT2D eigenvalue weighted by molar-refractivity contribution is 0.0924. The lowest BCUT2D eigenvalue weighted by Crippen LogP contribution is -2.48. The summed E-state index contributed by atoms with van der Waals surface area (Å²) in [6.45, 7) is 2.28. The van der Waals surface area contributed by atoms with E-state index in [0.29, 0.717) is 18.8 Å². The monoisotopic (exact) mass is 411 g/mol. The summed E-state index contributed by atoms with van der Waals surface area (Å²) in [7, 11) is 0. The van der Waals surface area contributed by atoms with Crippen molar-refractivity contribution in [3.8, 4) is 0 Å². The molecule has 31 heavy (non-hydrogen) atoms. The molecule has 5 rings (SSSR count). The number of hydrogen-bond donors (Lipinski definition) is 1. The number of carbonyl (C=O) groups excluding carboxylic acids is 1. The largest absolute Gasteiger partial charge is 0.346 e. The van der Waals surface area contributed by atoms with Gasteiger partial charge in [-0.25, -0.2) is 9.97 Å². The van der Waals surface area contributed by atoms with Crippen LogP contribution in [0.5, 0.6) is 0 Å². The fraction of sp³-hybridized carbons (Fsp3) is 0.240. The first-order chi connectivity index (χ1) is 15.3. The number of fused-ring (bicyclic) bond motifs is 1. The Labute approximate surface area is 181 Å². The zero-order valence-corrected chi connectivity index (χ0v) is 17.3.